The SMILES string of the molecule is CO[C@@H]1CCCNCC1.Cl. The van der Waals surface area contributed by atoms with Gasteiger partial charge in [0.05, 0.1) is 6.10 Å². The van der Waals surface area contributed by atoms with Crippen LogP contribution in [0, 0.1) is 0 Å². The second-order valence-electron chi connectivity index (χ2n) is 2.54. The highest BCUT2D eigenvalue weighted by Crippen LogP contribution is 2.07. The fraction of sp³-hybridized carbons (Fsp3) is 1.00. The molecule has 0 spiro atoms. The third-order valence-electron chi connectivity index (χ3n) is 1.86. The highest BCUT2D eigenvalue weighted by Gasteiger charge is 2.08. The van der Waals surface area contributed by atoms with Crippen molar-refractivity contribution in [2.45, 2.75) is 25.4 Å². The monoisotopic (exact) mass is 165 g/mol. The van der Waals surface area contributed by atoms with E-state index in [1.54, 1.807) is 7.11 Å². The van der Waals surface area contributed by atoms with Gasteiger partial charge in [0, 0.05) is 7.11 Å². The molecule has 1 aliphatic rings. The summed E-state index contributed by atoms with van der Waals surface area (Å²) in [6.45, 7) is 2.29. The molecule has 0 saturated carbocycles. The zero-order valence-corrected chi connectivity index (χ0v) is 7.25. The summed E-state index contributed by atoms with van der Waals surface area (Å²) < 4.78 is 5.23. The molecular weight excluding hydrogens is 150 g/mol. The lowest BCUT2D eigenvalue weighted by Crippen LogP contribution is -2.16. The van der Waals surface area contributed by atoms with Gasteiger partial charge in [-0.15, -0.1) is 12.4 Å². The third-order valence-corrected chi connectivity index (χ3v) is 1.86. The minimum absolute atomic E-state index is 0. The Morgan fingerprint density at radius 1 is 1.30 bits per heavy atom. The van der Waals surface area contributed by atoms with Crippen LogP contribution < -0.4 is 5.32 Å². The molecule has 0 aromatic heterocycles. The van der Waals surface area contributed by atoms with Gasteiger partial charge in [-0.2, -0.15) is 0 Å². The lowest BCUT2D eigenvalue weighted by molar-refractivity contribution is 0.0928. The molecule has 0 aromatic carbocycles. The first kappa shape index (κ1) is 10.2. The number of nitrogens with one attached hydrogen (secondary N) is 1. The van der Waals surface area contributed by atoms with Gasteiger partial charge < -0.3 is 10.1 Å². The average molecular weight is 166 g/mol. The summed E-state index contributed by atoms with van der Waals surface area (Å²) in [5.41, 5.74) is 0. The van der Waals surface area contributed by atoms with Crippen molar-refractivity contribution >= 4 is 12.4 Å². The van der Waals surface area contributed by atoms with Crippen LogP contribution in [0.1, 0.15) is 19.3 Å². The molecule has 0 amide bonds. The van der Waals surface area contributed by atoms with Gasteiger partial charge >= 0.3 is 0 Å². The average Bonchev–Trinajstić information content (AvgIpc) is 2.13. The molecule has 10 heavy (non-hydrogen) atoms. The number of ether oxygens (including phenoxy) is 1. The topological polar surface area (TPSA) is 21.3 Å². The molecule has 0 bridgehead atoms. The van der Waals surface area contributed by atoms with E-state index >= 15 is 0 Å². The van der Waals surface area contributed by atoms with Crippen molar-refractivity contribution in [3.8, 4) is 0 Å². The third kappa shape index (κ3) is 3.40. The minimum Gasteiger partial charge on any atom is -0.381 e. The quantitative estimate of drug-likeness (QED) is 0.631. The van der Waals surface area contributed by atoms with E-state index in [9.17, 15) is 0 Å². The molecule has 1 fully saturated rings. The number of hydrogen-bond donors (Lipinski definition) is 1. The maximum Gasteiger partial charge on any atom is 0.0584 e. The number of methoxy groups -OCH3 is 1. The Bertz CT molecular complexity index is 72.0. The van der Waals surface area contributed by atoms with Crippen molar-refractivity contribution in [3.05, 3.63) is 0 Å². The number of rotatable bonds is 1. The molecular formula is C7H16ClNO. The van der Waals surface area contributed by atoms with Crippen LogP contribution in [0.5, 0.6) is 0 Å². The van der Waals surface area contributed by atoms with Crippen molar-refractivity contribution in [1.82, 2.24) is 5.32 Å². The fourth-order valence-corrected chi connectivity index (χ4v) is 1.22. The summed E-state index contributed by atoms with van der Waals surface area (Å²) in [7, 11) is 1.80. The smallest absolute Gasteiger partial charge is 0.0584 e. The Balaban J connectivity index is 0.000000810. The first-order valence-electron chi connectivity index (χ1n) is 3.67. The minimum atomic E-state index is 0. The highest BCUT2D eigenvalue weighted by atomic mass is 35.5. The van der Waals surface area contributed by atoms with Crippen molar-refractivity contribution in [3.63, 3.8) is 0 Å². The normalized spacial score (nSPS) is 26.7. The van der Waals surface area contributed by atoms with Gasteiger partial charge in [0.15, 0.2) is 0 Å². The summed E-state index contributed by atoms with van der Waals surface area (Å²) in [4.78, 5) is 0. The van der Waals surface area contributed by atoms with E-state index in [4.69, 9.17) is 4.74 Å². The Morgan fingerprint density at radius 3 is 2.80 bits per heavy atom. The van der Waals surface area contributed by atoms with Crippen molar-refractivity contribution in [1.29, 1.82) is 0 Å². The Kier molecular flexibility index (Phi) is 6.08. The molecule has 1 saturated heterocycles. The standard InChI is InChI=1S/C7H15NO.ClH/c1-9-7-3-2-5-8-6-4-7;/h7-8H,2-6H2,1H3;1H/t7-;/m1./s1. The van der Waals surface area contributed by atoms with Gasteiger partial charge in [0.25, 0.3) is 0 Å². The van der Waals surface area contributed by atoms with Gasteiger partial charge in [-0.3, -0.25) is 0 Å². The molecule has 1 heterocycles. The van der Waals surface area contributed by atoms with Gasteiger partial charge in [-0.1, -0.05) is 0 Å². The Hall–Kier alpha value is 0.210. The van der Waals surface area contributed by atoms with E-state index in [1.165, 1.54) is 25.8 Å². The van der Waals surface area contributed by atoms with Crippen molar-refractivity contribution < 1.29 is 4.74 Å². The van der Waals surface area contributed by atoms with E-state index < -0.39 is 0 Å². The predicted molar refractivity (Wildman–Crippen MR) is 44.8 cm³/mol. The molecule has 1 rings (SSSR count). The van der Waals surface area contributed by atoms with Crippen LogP contribution in [0.15, 0.2) is 0 Å². The highest BCUT2D eigenvalue weighted by molar-refractivity contribution is 5.85. The number of hydrogen-bond acceptors (Lipinski definition) is 2. The van der Waals surface area contributed by atoms with Gasteiger partial charge in [-0.25, -0.2) is 0 Å². The van der Waals surface area contributed by atoms with Crippen LogP contribution in [-0.2, 0) is 4.74 Å². The van der Waals surface area contributed by atoms with Crippen LogP contribution in [0.4, 0.5) is 0 Å². The first-order chi connectivity index (χ1) is 4.43. The molecule has 62 valence electrons. The molecule has 1 atom stereocenters. The molecule has 3 heteroatoms. The summed E-state index contributed by atoms with van der Waals surface area (Å²) in [5.74, 6) is 0. The predicted octanol–water partition coefficient (Wildman–Crippen LogP) is 1.20. The van der Waals surface area contributed by atoms with E-state index in [1.807, 2.05) is 0 Å². The maximum absolute atomic E-state index is 5.23. The number of halogens is 1. The summed E-state index contributed by atoms with van der Waals surface area (Å²) in [6.07, 6.45) is 4.18. The molecule has 0 aliphatic carbocycles. The van der Waals surface area contributed by atoms with E-state index in [2.05, 4.69) is 5.32 Å². The molecule has 0 aromatic rings. The lowest BCUT2D eigenvalue weighted by atomic mass is 10.2. The maximum atomic E-state index is 5.23. The van der Waals surface area contributed by atoms with Gasteiger partial charge in [-0.05, 0) is 32.4 Å². The van der Waals surface area contributed by atoms with Crippen LogP contribution in [0.3, 0.4) is 0 Å². The second-order valence-corrected chi connectivity index (χ2v) is 2.54. The first-order valence-corrected chi connectivity index (χ1v) is 3.67. The van der Waals surface area contributed by atoms with Crippen molar-refractivity contribution in [2.24, 2.45) is 0 Å². The van der Waals surface area contributed by atoms with E-state index in [0.717, 1.165) is 6.54 Å². The van der Waals surface area contributed by atoms with E-state index in [-0.39, 0.29) is 12.4 Å². The largest absolute Gasteiger partial charge is 0.381 e. The van der Waals surface area contributed by atoms with Crippen molar-refractivity contribution in [2.75, 3.05) is 20.2 Å². The summed E-state index contributed by atoms with van der Waals surface area (Å²) in [5, 5.41) is 3.33. The zero-order chi connectivity index (χ0) is 6.53. The fourth-order valence-electron chi connectivity index (χ4n) is 1.22. The molecule has 2 nitrogen and oxygen atoms in total. The summed E-state index contributed by atoms with van der Waals surface area (Å²) >= 11 is 0. The summed E-state index contributed by atoms with van der Waals surface area (Å²) in [6, 6.07) is 0. The Morgan fingerprint density at radius 2 is 2.10 bits per heavy atom. The van der Waals surface area contributed by atoms with Crippen LogP contribution in [0.2, 0.25) is 0 Å². The van der Waals surface area contributed by atoms with E-state index in [0.29, 0.717) is 6.10 Å². The lowest BCUT2D eigenvalue weighted by Gasteiger charge is -2.09. The molecule has 0 unspecified atom stereocenters. The van der Waals surface area contributed by atoms with Gasteiger partial charge in [0.1, 0.15) is 0 Å². The van der Waals surface area contributed by atoms with Gasteiger partial charge in [0.2, 0.25) is 0 Å². The Labute approximate surface area is 68.7 Å². The van der Waals surface area contributed by atoms with Crippen LogP contribution in [-0.4, -0.2) is 26.3 Å². The van der Waals surface area contributed by atoms with Crippen LogP contribution >= 0.6 is 12.4 Å². The molecule has 1 aliphatic heterocycles. The second kappa shape index (κ2) is 5.96. The molecule has 0 radical (unpaired) electrons. The van der Waals surface area contributed by atoms with Crippen LogP contribution in [0.25, 0.3) is 0 Å². The zero-order valence-electron chi connectivity index (χ0n) is 6.43. The molecule has 1 N–H and O–H groups in total.